The molecule has 154 valence electrons. The summed E-state index contributed by atoms with van der Waals surface area (Å²) in [6, 6.07) is 14.3. The third kappa shape index (κ3) is 6.84. The van der Waals surface area contributed by atoms with Gasteiger partial charge in [-0.3, -0.25) is 9.59 Å². The first kappa shape index (κ1) is 21.7. The number of carbonyl (C=O) groups is 3. The Balaban J connectivity index is 1.90. The summed E-state index contributed by atoms with van der Waals surface area (Å²) in [5.74, 6) is -0.667. The first-order chi connectivity index (χ1) is 13.9. The number of hydrogen-bond acceptors (Lipinski definition) is 6. The molecule has 8 heteroatoms. The highest BCUT2D eigenvalue weighted by Crippen LogP contribution is 2.29. The van der Waals surface area contributed by atoms with Gasteiger partial charge in [-0.05, 0) is 23.8 Å². The first-order valence-corrected chi connectivity index (χ1v) is 8.89. The van der Waals surface area contributed by atoms with Crippen molar-refractivity contribution in [3.63, 3.8) is 0 Å². The topological polar surface area (TPSA) is 94.2 Å². The molecule has 0 aliphatic carbocycles. The lowest BCUT2D eigenvalue weighted by Gasteiger charge is -2.13. The van der Waals surface area contributed by atoms with E-state index in [0.29, 0.717) is 18.1 Å². The summed E-state index contributed by atoms with van der Waals surface area (Å²) in [4.78, 5) is 36.7. The van der Waals surface area contributed by atoms with Crippen LogP contribution in [0.5, 0.6) is 11.5 Å². The number of nitrogens with one attached hydrogen (secondary N) is 1. The van der Waals surface area contributed by atoms with E-state index in [2.05, 4.69) is 5.32 Å². The summed E-state index contributed by atoms with van der Waals surface area (Å²) in [7, 11) is 4.62. The molecule has 2 aromatic rings. The predicted molar refractivity (Wildman–Crippen MR) is 106 cm³/mol. The van der Waals surface area contributed by atoms with E-state index in [1.807, 2.05) is 30.3 Å². The highest BCUT2D eigenvalue weighted by molar-refractivity contribution is 5.92. The third-order valence-corrected chi connectivity index (χ3v) is 3.91. The molecule has 0 radical (unpaired) electrons. The van der Waals surface area contributed by atoms with Crippen molar-refractivity contribution in [3.05, 3.63) is 59.7 Å². The molecule has 0 atom stereocenters. The molecule has 0 fully saturated rings. The molecule has 0 saturated heterocycles. The maximum absolute atomic E-state index is 12.2. The van der Waals surface area contributed by atoms with E-state index in [1.54, 1.807) is 20.2 Å². The molecule has 0 aliphatic heterocycles. The highest BCUT2D eigenvalue weighted by atomic mass is 16.5. The second kappa shape index (κ2) is 10.7. The molecule has 0 heterocycles. The fourth-order valence-corrected chi connectivity index (χ4v) is 2.25. The molecular weight excluding hydrogens is 376 g/mol. The predicted octanol–water partition coefficient (Wildman–Crippen LogP) is 1.64. The van der Waals surface area contributed by atoms with Gasteiger partial charge in [-0.2, -0.15) is 0 Å². The van der Waals surface area contributed by atoms with Gasteiger partial charge in [0.1, 0.15) is 6.61 Å². The number of carbonyl (C=O) groups excluding carboxylic acids is 3. The highest BCUT2D eigenvalue weighted by Gasteiger charge is 2.15. The molecule has 8 nitrogen and oxygen atoms in total. The van der Waals surface area contributed by atoms with E-state index in [0.717, 1.165) is 5.56 Å². The number of methoxy groups -OCH3 is 1. The minimum atomic E-state index is -0.688. The van der Waals surface area contributed by atoms with Gasteiger partial charge >= 0.3 is 5.97 Å². The van der Waals surface area contributed by atoms with Crippen molar-refractivity contribution in [2.45, 2.75) is 6.61 Å². The fourth-order valence-electron chi connectivity index (χ4n) is 2.25. The number of likely N-dealkylation sites (N-methyl/N-ethyl adjacent to an activating group) is 1. The van der Waals surface area contributed by atoms with Crippen LogP contribution < -0.4 is 14.8 Å². The molecule has 1 N–H and O–H groups in total. The quantitative estimate of drug-likeness (QED) is 0.643. The Morgan fingerprint density at radius 2 is 1.72 bits per heavy atom. The van der Waals surface area contributed by atoms with Crippen molar-refractivity contribution in [2.24, 2.45) is 0 Å². The molecule has 0 aromatic heterocycles. The molecule has 2 aromatic carbocycles. The van der Waals surface area contributed by atoms with Crippen LogP contribution in [0.2, 0.25) is 0 Å². The molecular formula is C21H24N2O6. The van der Waals surface area contributed by atoms with Crippen molar-refractivity contribution in [2.75, 3.05) is 34.4 Å². The first-order valence-electron chi connectivity index (χ1n) is 8.89. The zero-order valence-electron chi connectivity index (χ0n) is 16.6. The van der Waals surface area contributed by atoms with Crippen molar-refractivity contribution in [1.82, 2.24) is 10.2 Å². The molecule has 0 bridgehead atoms. The van der Waals surface area contributed by atoms with Gasteiger partial charge in [0.15, 0.2) is 18.1 Å². The van der Waals surface area contributed by atoms with Gasteiger partial charge in [0, 0.05) is 14.1 Å². The van der Waals surface area contributed by atoms with E-state index < -0.39 is 18.5 Å². The van der Waals surface area contributed by atoms with Crippen molar-refractivity contribution < 1.29 is 28.6 Å². The third-order valence-electron chi connectivity index (χ3n) is 3.91. The summed E-state index contributed by atoms with van der Waals surface area (Å²) in [5.41, 5.74) is 1.21. The lowest BCUT2D eigenvalue weighted by Crippen LogP contribution is -2.38. The van der Waals surface area contributed by atoms with Gasteiger partial charge in [-0.15, -0.1) is 0 Å². The molecule has 29 heavy (non-hydrogen) atoms. The van der Waals surface area contributed by atoms with Gasteiger partial charge in [0.25, 0.3) is 5.91 Å². The number of ether oxygens (including phenoxy) is 3. The molecule has 2 rings (SSSR count). The van der Waals surface area contributed by atoms with E-state index in [1.165, 1.54) is 24.1 Å². The zero-order valence-corrected chi connectivity index (χ0v) is 16.6. The normalized spacial score (nSPS) is 10.0. The lowest BCUT2D eigenvalue weighted by molar-refractivity contribution is -0.131. The van der Waals surface area contributed by atoms with E-state index in [-0.39, 0.29) is 18.0 Å². The van der Waals surface area contributed by atoms with Crippen LogP contribution in [-0.4, -0.2) is 57.0 Å². The number of amides is 2. The Labute approximate surface area is 169 Å². The van der Waals surface area contributed by atoms with Crippen LogP contribution in [0.25, 0.3) is 0 Å². The minimum Gasteiger partial charge on any atom is -0.493 e. The SMILES string of the molecule is COc1cc(C(=O)OCC(=O)NCC(=O)N(C)C)ccc1OCc1ccccc1. The minimum absolute atomic E-state index is 0.162. The monoisotopic (exact) mass is 400 g/mol. The van der Waals surface area contributed by atoms with Crippen LogP contribution in [0.1, 0.15) is 15.9 Å². The summed E-state index contributed by atoms with van der Waals surface area (Å²) in [6.07, 6.45) is 0. The van der Waals surface area contributed by atoms with Crippen molar-refractivity contribution in [3.8, 4) is 11.5 Å². The number of benzene rings is 2. The van der Waals surface area contributed by atoms with Crippen molar-refractivity contribution >= 4 is 17.8 Å². The molecule has 0 aliphatic rings. The summed E-state index contributed by atoms with van der Waals surface area (Å²) in [6.45, 7) is -0.300. The summed E-state index contributed by atoms with van der Waals surface area (Å²) >= 11 is 0. The van der Waals surface area contributed by atoms with E-state index in [4.69, 9.17) is 14.2 Å². The van der Waals surface area contributed by atoms with Crippen LogP contribution in [0.4, 0.5) is 0 Å². The van der Waals surface area contributed by atoms with Crippen molar-refractivity contribution in [1.29, 1.82) is 0 Å². The average Bonchev–Trinajstić information content (AvgIpc) is 2.74. The Morgan fingerprint density at radius 1 is 1.00 bits per heavy atom. The van der Waals surface area contributed by atoms with Crippen LogP contribution in [0, 0.1) is 0 Å². The van der Waals surface area contributed by atoms with E-state index >= 15 is 0 Å². The van der Waals surface area contributed by atoms with Gasteiger partial charge in [0.2, 0.25) is 5.91 Å². The van der Waals surface area contributed by atoms with Crippen LogP contribution in [0.15, 0.2) is 48.5 Å². The standard InChI is InChI=1S/C21H24N2O6/c1-23(2)20(25)12-22-19(24)14-29-21(26)16-9-10-17(18(11-16)27-3)28-13-15-7-5-4-6-8-15/h4-11H,12-14H2,1-3H3,(H,22,24). The number of nitrogens with zero attached hydrogens (tertiary/aromatic N) is 1. The zero-order chi connectivity index (χ0) is 21.2. The van der Waals surface area contributed by atoms with Gasteiger partial charge in [0.05, 0.1) is 19.2 Å². The maximum Gasteiger partial charge on any atom is 0.338 e. The lowest BCUT2D eigenvalue weighted by atomic mass is 10.2. The molecule has 0 saturated carbocycles. The van der Waals surface area contributed by atoms with Gasteiger partial charge in [-0.25, -0.2) is 4.79 Å². The Kier molecular flexibility index (Phi) is 8.02. The number of rotatable bonds is 9. The summed E-state index contributed by atoms with van der Waals surface area (Å²) < 4.78 is 16.0. The largest absolute Gasteiger partial charge is 0.493 e. The molecule has 2 amide bonds. The Morgan fingerprint density at radius 3 is 2.38 bits per heavy atom. The average molecular weight is 400 g/mol. The van der Waals surface area contributed by atoms with Gasteiger partial charge in [-0.1, -0.05) is 30.3 Å². The van der Waals surface area contributed by atoms with Gasteiger partial charge < -0.3 is 24.4 Å². The smallest absolute Gasteiger partial charge is 0.338 e. The molecule has 0 unspecified atom stereocenters. The number of hydrogen-bond donors (Lipinski definition) is 1. The maximum atomic E-state index is 12.2. The second-order valence-electron chi connectivity index (χ2n) is 6.28. The molecule has 0 spiro atoms. The van der Waals surface area contributed by atoms with Crippen LogP contribution in [-0.2, 0) is 20.9 Å². The fraction of sp³-hybridized carbons (Fsp3) is 0.286. The van der Waals surface area contributed by atoms with E-state index in [9.17, 15) is 14.4 Å². The summed E-state index contributed by atoms with van der Waals surface area (Å²) in [5, 5.41) is 2.38. The Hall–Kier alpha value is -3.55. The second-order valence-corrected chi connectivity index (χ2v) is 6.28. The Bertz CT molecular complexity index is 852. The van der Waals surface area contributed by atoms with Crippen LogP contribution >= 0.6 is 0 Å². The van der Waals surface area contributed by atoms with Crippen LogP contribution in [0.3, 0.4) is 0 Å². The number of esters is 1.